The summed E-state index contributed by atoms with van der Waals surface area (Å²) in [5.41, 5.74) is 0.823. The summed E-state index contributed by atoms with van der Waals surface area (Å²) in [6.07, 6.45) is 1.31. The van der Waals surface area contributed by atoms with Crippen molar-refractivity contribution in [3.05, 3.63) is 59.1 Å². The van der Waals surface area contributed by atoms with E-state index in [-0.39, 0.29) is 4.90 Å². The minimum absolute atomic E-state index is 0.307. The van der Waals surface area contributed by atoms with Gasteiger partial charge in [-0.2, -0.15) is 4.31 Å². The van der Waals surface area contributed by atoms with Crippen LogP contribution < -0.4 is 0 Å². The minimum atomic E-state index is -4.00. The highest BCUT2D eigenvalue weighted by molar-refractivity contribution is 7.89. The molecule has 0 unspecified atom stereocenters. The van der Waals surface area contributed by atoms with Gasteiger partial charge in [0.15, 0.2) is 0 Å². The summed E-state index contributed by atoms with van der Waals surface area (Å²) in [6.45, 7) is 0.307. The topological polar surface area (TPSA) is 50.3 Å². The molecule has 2 aromatic carbocycles. The van der Waals surface area contributed by atoms with Crippen molar-refractivity contribution < 1.29 is 17.2 Å². The fourth-order valence-electron chi connectivity index (χ4n) is 3.12. The molecule has 2 heterocycles. The summed E-state index contributed by atoms with van der Waals surface area (Å²) in [5.74, 6) is -1.82. The molecule has 3 aromatic rings. The van der Waals surface area contributed by atoms with Gasteiger partial charge < -0.3 is 0 Å². The van der Waals surface area contributed by atoms with Gasteiger partial charge in [0, 0.05) is 12.6 Å². The van der Waals surface area contributed by atoms with Crippen LogP contribution in [-0.2, 0) is 10.0 Å². The van der Waals surface area contributed by atoms with E-state index in [4.69, 9.17) is 0 Å². The molecule has 8 heteroatoms. The van der Waals surface area contributed by atoms with Crippen molar-refractivity contribution in [1.82, 2.24) is 9.29 Å². The first-order valence-corrected chi connectivity index (χ1v) is 10.0. The molecule has 1 atom stereocenters. The Morgan fingerprint density at radius 2 is 1.84 bits per heavy atom. The van der Waals surface area contributed by atoms with Crippen LogP contribution in [-0.4, -0.2) is 24.3 Å². The number of benzene rings is 2. The van der Waals surface area contributed by atoms with Gasteiger partial charge in [-0.3, -0.25) is 0 Å². The van der Waals surface area contributed by atoms with Crippen molar-refractivity contribution in [3.8, 4) is 0 Å². The Kier molecular flexibility index (Phi) is 4.05. The van der Waals surface area contributed by atoms with E-state index in [0.717, 1.165) is 22.3 Å². The Labute approximate surface area is 147 Å². The number of sulfonamides is 1. The number of fused-ring (bicyclic) bond motifs is 1. The van der Waals surface area contributed by atoms with Gasteiger partial charge in [0.05, 0.1) is 21.2 Å². The Hall–Kier alpha value is -1.90. The van der Waals surface area contributed by atoms with Gasteiger partial charge in [-0.25, -0.2) is 22.2 Å². The van der Waals surface area contributed by atoms with Crippen LogP contribution in [0.1, 0.15) is 23.9 Å². The van der Waals surface area contributed by atoms with Gasteiger partial charge in [0.1, 0.15) is 16.6 Å². The average Bonchev–Trinajstić information content (AvgIpc) is 3.20. The fraction of sp³-hybridized carbons (Fsp3) is 0.235. The van der Waals surface area contributed by atoms with Crippen molar-refractivity contribution in [2.45, 2.75) is 23.8 Å². The lowest BCUT2D eigenvalue weighted by Crippen LogP contribution is -2.30. The largest absolute Gasteiger partial charge is 0.243 e. The Bertz CT molecular complexity index is 996. The average molecular weight is 380 g/mol. The molecule has 0 aliphatic carbocycles. The molecule has 0 bridgehead atoms. The zero-order chi connectivity index (χ0) is 17.6. The Morgan fingerprint density at radius 3 is 2.56 bits per heavy atom. The van der Waals surface area contributed by atoms with Gasteiger partial charge in [0.25, 0.3) is 0 Å². The lowest BCUT2D eigenvalue weighted by atomic mass is 10.2. The van der Waals surface area contributed by atoms with Crippen molar-refractivity contribution in [2.75, 3.05) is 6.54 Å². The van der Waals surface area contributed by atoms with Crippen LogP contribution in [0.5, 0.6) is 0 Å². The van der Waals surface area contributed by atoms with E-state index < -0.39 is 27.7 Å². The zero-order valence-corrected chi connectivity index (χ0v) is 14.7. The van der Waals surface area contributed by atoms with E-state index in [1.54, 1.807) is 0 Å². The fourth-order valence-corrected chi connectivity index (χ4v) is 6.01. The lowest BCUT2D eigenvalue weighted by molar-refractivity contribution is 0.395. The first kappa shape index (κ1) is 16.6. The highest BCUT2D eigenvalue weighted by atomic mass is 32.2. The predicted molar refractivity (Wildman–Crippen MR) is 91.8 cm³/mol. The SMILES string of the molecule is O=S(=O)(c1cc(F)cc(F)c1)N1CCC[C@@H]1c1nc2ccccc2s1. The van der Waals surface area contributed by atoms with E-state index in [9.17, 15) is 17.2 Å². The van der Waals surface area contributed by atoms with E-state index >= 15 is 0 Å². The van der Waals surface area contributed by atoms with Crippen LogP contribution in [0.2, 0.25) is 0 Å². The van der Waals surface area contributed by atoms with Crippen LogP contribution in [0.15, 0.2) is 47.4 Å². The number of hydrogen-bond acceptors (Lipinski definition) is 4. The van der Waals surface area contributed by atoms with Crippen LogP contribution >= 0.6 is 11.3 Å². The van der Waals surface area contributed by atoms with Gasteiger partial charge >= 0.3 is 0 Å². The third-order valence-electron chi connectivity index (χ3n) is 4.24. The molecule has 0 radical (unpaired) electrons. The van der Waals surface area contributed by atoms with E-state index in [1.165, 1.54) is 15.6 Å². The van der Waals surface area contributed by atoms with Crippen molar-refractivity contribution in [1.29, 1.82) is 0 Å². The molecule has 0 N–H and O–H groups in total. The lowest BCUT2D eigenvalue weighted by Gasteiger charge is -2.22. The molecule has 25 heavy (non-hydrogen) atoms. The molecular formula is C17H14F2N2O2S2. The second kappa shape index (κ2) is 6.12. The quantitative estimate of drug-likeness (QED) is 0.687. The second-order valence-corrected chi connectivity index (χ2v) is 8.85. The van der Waals surface area contributed by atoms with Crippen molar-refractivity contribution in [3.63, 3.8) is 0 Å². The molecule has 0 spiro atoms. The Balaban J connectivity index is 1.75. The smallest absolute Gasteiger partial charge is 0.239 e. The standard InChI is InChI=1S/C17H14F2N2O2S2/c18-11-8-12(19)10-13(9-11)25(22,23)21-7-3-5-15(21)17-20-14-4-1-2-6-16(14)24-17/h1-2,4,6,8-10,15H,3,5,7H2/t15-/m1/s1. The number of hydrogen-bond donors (Lipinski definition) is 0. The molecule has 0 amide bonds. The van der Waals surface area contributed by atoms with Gasteiger partial charge in [-0.1, -0.05) is 12.1 Å². The van der Waals surface area contributed by atoms with Gasteiger partial charge in [-0.15, -0.1) is 11.3 Å². The highest BCUT2D eigenvalue weighted by Crippen LogP contribution is 2.39. The third-order valence-corrected chi connectivity index (χ3v) is 7.27. The predicted octanol–water partition coefficient (Wildman–Crippen LogP) is 4.10. The van der Waals surface area contributed by atoms with Crippen LogP contribution in [0.4, 0.5) is 8.78 Å². The third kappa shape index (κ3) is 2.94. The van der Waals surface area contributed by atoms with Gasteiger partial charge in [-0.05, 0) is 37.1 Å². The van der Waals surface area contributed by atoms with E-state index in [0.29, 0.717) is 30.5 Å². The molecule has 1 aliphatic rings. The summed E-state index contributed by atoms with van der Waals surface area (Å²) >= 11 is 1.45. The summed E-state index contributed by atoms with van der Waals surface area (Å²) in [7, 11) is -4.00. The van der Waals surface area contributed by atoms with Crippen LogP contribution in [0.25, 0.3) is 10.2 Å². The summed E-state index contributed by atoms with van der Waals surface area (Å²) in [4.78, 5) is 4.19. The van der Waals surface area contributed by atoms with Crippen LogP contribution in [0, 0.1) is 11.6 Å². The molecule has 1 saturated heterocycles. The first-order valence-electron chi connectivity index (χ1n) is 7.78. The number of halogens is 2. The maximum absolute atomic E-state index is 13.5. The summed E-state index contributed by atoms with van der Waals surface area (Å²) in [6, 6.07) is 9.56. The molecule has 4 rings (SSSR count). The minimum Gasteiger partial charge on any atom is -0.239 e. The number of aromatic nitrogens is 1. The first-order chi connectivity index (χ1) is 11.9. The summed E-state index contributed by atoms with van der Waals surface area (Å²) in [5, 5.41) is 0.708. The molecule has 4 nitrogen and oxygen atoms in total. The Morgan fingerprint density at radius 1 is 1.12 bits per heavy atom. The second-order valence-electron chi connectivity index (χ2n) is 5.90. The molecule has 0 saturated carbocycles. The van der Waals surface area contributed by atoms with Crippen LogP contribution in [0.3, 0.4) is 0 Å². The van der Waals surface area contributed by atoms with Crippen molar-refractivity contribution in [2.24, 2.45) is 0 Å². The normalized spacial score (nSPS) is 18.9. The monoisotopic (exact) mass is 380 g/mol. The van der Waals surface area contributed by atoms with E-state index in [1.807, 2.05) is 24.3 Å². The molecular weight excluding hydrogens is 366 g/mol. The number of para-hydroxylation sites is 1. The molecule has 1 aliphatic heterocycles. The van der Waals surface area contributed by atoms with Crippen molar-refractivity contribution >= 4 is 31.6 Å². The maximum atomic E-state index is 13.5. The molecule has 1 fully saturated rings. The maximum Gasteiger partial charge on any atom is 0.243 e. The highest BCUT2D eigenvalue weighted by Gasteiger charge is 2.38. The zero-order valence-electron chi connectivity index (χ0n) is 13.0. The van der Waals surface area contributed by atoms with E-state index in [2.05, 4.69) is 4.98 Å². The number of rotatable bonds is 3. The number of thiazole rings is 1. The summed E-state index contributed by atoms with van der Waals surface area (Å²) < 4.78 is 55.0. The molecule has 1 aromatic heterocycles. The number of nitrogens with zero attached hydrogens (tertiary/aromatic N) is 2. The molecule has 130 valence electrons. The van der Waals surface area contributed by atoms with Gasteiger partial charge in [0.2, 0.25) is 10.0 Å².